The summed E-state index contributed by atoms with van der Waals surface area (Å²) >= 11 is 5.65. The smallest absolute Gasteiger partial charge is 0.347 e. The van der Waals surface area contributed by atoms with Crippen molar-refractivity contribution in [2.75, 3.05) is 13.9 Å². The van der Waals surface area contributed by atoms with Crippen LogP contribution in [0.15, 0.2) is 29.3 Å². The fourth-order valence-electron chi connectivity index (χ4n) is 1.22. The van der Waals surface area contributed by atoms with Gasteiger partial charge in [0.25, 0.3) is 0 Å². The van der Waals surface area contributed by atoms with E-state index in [-0.39, 0.29) is 11.8 Å². The Labute approximate surface area is 104 Å². The van der Waals surface area contributed by atoms with E-state index in [1.54, 1.807) is 31.2 Å². The maximum Gasteiger partial charge on any atom is 0.347 e. The Hall–Kier alpha value is -1.52. The Morgan fingerprint density at radius 2 is 1.94 bits per heavy atom. The predicted octanol–water partition coefficient (Wildman–Crippen LogP) is 2.72. The number of rotatable bonds is 5. The van der Waals surface area contributed by atoms with Crippen LogP contribution in [0.2, 0.25) is 0 Å². The van der Waals surface area contributed by atoms with Crippen molar-refractivity contribution >= 4 is 23.1 Å². The van der Waals surface area contributed by atoms with Gasteiger partial charge in [-0.1, -0.05) is 23.7 Å². The number of allylic oxidation sites excluding steroid dienone is 1. The molecule has 17 heavy (non-hydrogen) atoms. The van der Waals surface area contributed by atoms with E-state index in [4.69, 9.17) is 26.2 Å². The lowest BCUT2D eigenvalue weighted by molar-refractivity contribution is -0.131. The predicted molar refractivity (Wildman–Crippen MR) is 65.0 cm³/mol. The van der Waals surface area contributed by atoms with Crippen molar-refractivity contribution in [2.45, 2.75) is 6.92 Å². The third-order valence-electron chi connectivity index (χ3n) is 2.15. The summed E-state index contributed by atoms with van der Waals surface area (Å²) in [7, 11) is 1.54. The van der Waals surface area contributed by atoms with Gasteiger partial charge in [-0.15, -0.1) is 0 Å². The number of benzene rings is 1. The molecule has 0 aliphatic carbocycles. The summed E-state index contributed by atoms with van der Waals surface area (Å²) in [6.07, 6.45) is 0. The number of aliphatic carboxylic acids is 1. The molecule has 1 aromatic carbocycles. The van der Waals surface area contributed by atoms with Crippen LogP contribution in [0.25, 0.3) is 5.57 Å². The monoisotopic (exact) mass is 256 g/mol. The number of carbonyl (C=O) groups is 1. The largest absolute Gasteiger partial charge is 0.477 e. The lowest BCUT2D eigenvalue weighted by atomic mass is 10.1. The molecule has 0 aliphatic rings. The number of hydrogen-bond donors (Lipinski definition) is 1. The summed E-state index contributed by atoms with van der Waals surface area (Å²) < 4.78 is 9.97. The average molecular weight is 257 g/mol. The van der Waals surface area contributed by atoms with Crippen LogP contribution in [0.3, 0.4) is 0 Å². The zero-order valence-electron chi connectivity index (χ0n) is 9.57. The normalized spacial score (nSPS) is 11.9. The minimum absolute atomic E-state index is 0.171. The number of carboxylic acids is 1. The summed E-state index contributed by atoms with van der Waals surface area (Å²) in [6, 6.07) is 6.94. The van der Waals surface area contributed by atoms with E-state index in [0.717, 1.165) is 5.56 Å². The second kappa shape index (κ2) is 6.27. The number of carboxylic acid groups (broad SMARTS) is 1. The van der Waals surface area contributed by atoms with E-state index in [1.807, 2.05) is 0 Å². The minimum atomic E-state index is -1.14. The van der Waals surface area contributed by atoms with E-state index in [9.17, 15) is 4.79 Å². The van der Waals surface area contributed by atoms with Gasteiger partial charge in [0.05, 0.1) is 0 Å². The van der Waals surface area contributed by atoms with Crippen molar-refractivity contribution in [1.82, 2.24) is 0 Å². The summed E-state index contributed by atoms with van der Waals surface area (Å²) in [5.41, 5.74) is 1.25. The second-order valence-corrected chi connectivity index (χ2v) is 3.70. The van der Waals surface area contributed by atoms with Gasteiger partial charge >= 0.3 is 5.97 Å². The molecule has 0 heterocycles. The van der Waals surface area contributed by atoms with Crippen LogP contribution in [-0.4, -0.2) is 25.0 Å². The van der Waals surface area contributed by atoms with E-state index in [0.29, 0.717) is 11.3 Å². The highest BCUT2D eigenvalue weighted by molar-refractivity contribution is 6.44. The SMILES string of the molecule is COCOc1ccc(C(C)=C(Cl)C(=O)O)cc1. The summed E-state index contributed by atoms with van der Waals surface area (Å²) in [5, 5.41) is 8.57. The van der Waals surface area contributed by atoms with Gasteiger partial charge in [-0.05, 0) is 30.2 Å². The molecule has 0 saturated heterocycles. The molecule has 4 nitrogen and oxygen atoms in total. The third kappa shape index (κ3) is 3.76. The molecule has 0 aliphatic heterocycles. The van der Waals surface area contributed by atoms with Crippen molar-refractivity contribution in [3.05, 3.63) is 34.9 Å². The van der Waals surface area contributed by atoms with Crippen LogP contribution in [0, 0.1) is 0 Å². The zero-order valence-corrected chi connectivity index (χ0v) is 10.3. The molecule has 1 rings (SSSR count). The van der Waals surface area contributed by atoms with Crippen molar-refractivity contribution in [3.8, 4) is 5.75 Å². The molecule has 1 N–H and O–H groups in total. The van der Waals surface area contributed by atoms with Crippen molar-refractivity contribution in [3.63, 3.8) is 0 Å². The average Bonchev–Trinajstić information content (AvgIpc) is 2.35. The molecule has 0 bridgehead atoms. The van der Waals surface area contributed by atoms with E-state index >= 15 is 0 Å². The Morgan fingerprint density at radius 1 is 1.35 bits per heavy atom. The molecule has 0 radical (unpaired) electrons. The van der Waals surface area contributed by atoms with Gasteiger partial charge in [0, 0.05) is 7.11 Å². The fourth-order valence-corrected chi connectivity index (χ4v) is 1.32. The Morgan fingerprint density at radius 3 is 2.41 bits per heavy atom. The van der Waals surface area contributed by atoms with Crippen LogP contribution in [0.1, 0.15) is 12.5 Å². The number of hydrogen-bond acceptors (Lipinski definition) is 3. The van der Waals surface area contributed by atoms with Crippen molar-refractivity contribution in [1.29, 1.82) is 0 Å². The molecular formula is C12H13ClO4. The van der Waals surface area contributed by atoms with Gasteiger partial charge in [-0.3, -0.25) is 0 Å². The van der Waals surface area contributed by atoms with Crippen LogP contribution in [-0.2, 0) is 9.53 Å². The van der Waals surface area contributed by atoms with Crippen LogP contribution >= 0.6 is 11.6 Å². The van der Waals surface area contributed by atoms with Gasteiger partial charge < -0.3 is 14.6 Å². The van der Waals surface area contributed by atoms with E-state index < -0.39 is 5.97 Å². The fraction of sp³-hybridized carbons (Fsp3) is 0.250. The van der Waals surface area contributed by atoms with Gasteiger partial charge in [0.1, 0.15) is 10.8 Å². The first kappa shape index (κ1) is 13.5. The number of ether oxygens (including phenoxy) is 2. The molecule has 92 valence electrons. The Bertz CT molecular complexity index is 423. The Kier molecular flexibility index (Phi) is 5.00. The molecule has 0 amide bonds. The van der Waals surface area contributed by atoms with E-state index in [1.165, 1.54) is 7.11 Å². The highest BCUT2D eigenvalue weighted by atomic mass is 35.5. The minimum Gasteiger partial charge on any atom is -0.477 e. The molecule has 0 spiro atoms. The molecule has 0 unspecified atom stereocenters. The van der Waals surface area contributed by atoms with E-state index in [2.05, 4.69) is 0 Å². The summed E-state index contributed by atoms with van der Waals surface area (Å²) in [6.45, 7) is 1.82. The van der Waals surface area contributed by atoms with Crippen LogP contribution in [0.4, 0.5) is 0 Å². The quantitative estimate of drug-likeness (QED) is 0.650. The van der Waals surface area contributed by atoms with Crippen molar-refractivity contribution in [2.24, 2.45) is 0 Å². The lowest BCUT2D eigenvalue weighted by Gasteiger charge is -2.06. The molecule has 0 saturated carbocycles. The van der Waals surface area contributed by atoms with Gasteiger partial charge in [0.2, 0.25) is 0 Å². The molecule has 1 aromatic rings. The highest BCUT2D eigenvalue weighted by Crippen LogP contribution is 2.23. The zero-order chi connectivity index (χ0) is 12.8. The highest BCUT2D eigenvalue weighted by Gasteiger charge is 2.09. The molecule has 0 atom stereocenters. The standard InChI is InChI=1S/C12H13ClO4/c1-8(11(13)12(14)15)9-3-5-10(6-4-9)17-7-16-2/h3-6H,7H2,1-2H3,(H,14,15). The molecular weight excluding hydrogens is 244 g/mol. The Balaban J connectivity index is 2.87. The third-order valence-corrected chi connectivity index (χ3v) is 2.59. The number of halogens is 1. The first-order chi connectivity index (χ1) is 8.06. The van der Waals surface area contributed by atoms with Gasteiger partial charge in [-0.2, -0.15) is 0 Å². The van der Waals surface area contributed by atoms with Gasteiger partial charge in [0.15, 0.2) is 6.79 Å². The first-order valence-electron chi connectivity index (χ1n) is 4.88. The maximum atomic E-state index is 10.7. The summed E-state index contributed by atoms with van der Waals surface area (Å²) in [5.74, 6) is -0.487. The van der Waals surface area contributed by atoms with Gasteiger partial charge in [-0.25, -0.2) is 4.79 Å². The van der Waals surface area contributed by atoms with Crippen LogP contribution < -0.4 is 4.74 Å². The lowest BCUT2D eigenvalue weighted by Crippen LogP contribution is -1.99. The molecule has 0 aromatic heterocycles. The van der Waals surface area contributed by atoms with Crippen molar-refractivity contribution < 1.29 is 19.4 Å². The summed E-state index contributed by atoms with van der Waals surface area (Å²) in [4.78, 5) is 10.7. The first-order valence-corrected chi connectivity index (χ1v) is 5.26. The second-order valence-electron chi connectivity index (χ2n) is 3.32. The molecule has 0 fully saturated rings. The topological polar surface area (TPSA) is 55.8 Å². The molecule has 5 heteroatoms. The maximum absolute atomic E-state index is 10.7. The van der Waals surface area contributed by atoms with Crippen LogP contribution in [0.5, 0.6) is 5.75 Å². The number of methoxy groups -OCH3 is 1.